The van der Waals surface area contributed by atoms with Gasteiger partial charge in [0.15, 0.2) is 18.1 Å². The topological polar surface area (TPSA) is 126 Å². The molecule has 1 aromatic carbocycles. The van der Waals surface area contributed by atoms with Crippen molar-refractivity contribution in [1.82, 2.24) is 25.2 Å². The lowest BCUT2D eigenvalue weighted by Crippen LogP contribution is -2.41. The van der Waals surface area contributed by atoms with Crippen LogP contribution >= 0.6 is 0 Å². The first-order valence-electron chi connectivity index (χ1n) is 10.5. The first kappa shape index (κ1) is 22.5. The van der Waals surface area contributed by atoms with Gasteiger partial charge >= 0.3 is 0 Å². The average Bonchev–Trinajstić information content (AvgIpc) is 3.46. The van der Waals surface area contributed by atoms with Crippen LogP contribution in [0, 0.1) is 5.92 Å². The Bertz CT molecular complexity index is 1130. The highest BCUT2D eigenvalue weighted by molar-refractivity contribution is 6.10. The van der Waals surface area contributed by atoms with Crippen molar-refractivity contribution in [2.24, 2.45) is 18.1 Å². The molecule has 2 aromatic heterocycles. The van der Waals surface area contributed by atoms with E-state index in [2.05, 4.69) is 31.0 Å². The van der Waals surface area contributed by atoms with E-state index >= 15 is 0 Å². The fourth-order valence-corrected chi connectivity index (χ4v) is 3.29. The van der Waals surface area contributed by atoms with Crippen molar-refractivity contribution in [3.8, 4) is 0 Å². The summed E-state index contributed by atoms with van der Waals surface area (Å²) >= 11 is 0. The third-order valence-electron chi connectivity index (χ3n) is 5.35. The van der Waals surface area contributed by atoms with E-state index in [-0.39, 0.29) is 12.5 Å². The molecule has 1 fully saturated rings. The molecule has 1 aliphatic rings. The van der Waals surface area contributed by atoms with Crippen molar-refractivity contribution in [3.05, 3.63) is 65.6 Å². The summed E-state index contributed by atoms with van der Waals surface area (Å²) in [6, 6.07) is 14.8. The van der Waals surface area contributed by atoms with Gasteiger partial charge in [-0.2, -0.15) is 0 Å². The van der Waals surface area contributed by atoms with Crippen LogP contribution < -0.4 is 5.32 Å². The Morgan fingerprint density at radius 2 is 1.97 bits per heavy atom. The second-order valence-electron chi connectivity index (χ2n) is 7.64. The molecule has 0 bridgehead atoms. The number of rotatable bonds is 8. The SMILES string of the molecule is CC(C(=O)Nc1cccc(CON=C(c2ccccc2)c2nnnn2C)n1)C1(C)OCCO1. The fourth-order valence-electron chi connectivity index (χ4n) is 3.29. The lowest BCUT2D eigenvalue weighted by Gasteiger charge is -2.28. The summed E-state index contributed by atoms with van der Waals surface area (Å²) in [5, 5.41) is 18.6. The average molecular weight is 451 g/mol. The monoisotopic (exact) mass is 451 g/mol. The quantitative estimate of drug-likeness (QED) is 0.407. The number of anilines is 1. The van der Waals surface area contributed by atoms with Crippen molar-refractivity contribution in [2.45, 2.75) is 26.2 Å². The summed E-state index contributed by atoms with van der Waals surface area (Å²) in [6.45, 7) is 4.54. The van der Waals surface area contributed by atoms with Gasteiger partial charge in [0.05, 0.1) is 24.8 Å². The van der Waals surface area contributed by atoms with E-state index in [0.717, 1.165) is 5.56 Å². The smallest absolute Gasteiger partial charge is 0.233 e. The van der Waals surface area contributed by atoms with E-state index in [0.29, 0.717) is 36.3 Å². The molecule has 11 heteroatoms. The van der Waals surface area contributed by atoms with Crippen molar-refractivity contribution < 1.29 is 19.1 Å². The zero-order chi connectivity index (χ0) is 23.3. The van der Waals surface area contributed by atoms with E-state index in [1.807, 2.05) is 30.3 Å². The van der Waals surface area contributed by atoms with Crippen LogP contribution in [0.1, 0.15) is 30.9 Å². The number of aromatic nitrogens is 5. The molecule has 0 radical (unpaired) electrons. The van der Waals surface area contributed by atoms with E-state index in [9.17, 15) is 4.79 Å². The first-order valence-corrected chi connectivity index (χ1v) is 10.5. The predicted molar refractivity (Wildman–Crippen MR) is 118 cm³/mol. The molecule has 0 aliphatic carbocycles. The van der Waals surface area contributed by atoms with Crippen LogP contribution in [0.25, 0.3) is 0 Å². The second kappa shape index (κ2) is 9.84. The predicted octanol–water partition coefficient (Wildman–Crippen LogP) is 1.91. The van der Waals surface area contributed by atoms with Crippen LogP contribution in [0.2, 0.25) is 0 Å². The van der Waals surface area contributed by atoms with Gasteiger partial charge in [0.25, 0.3) is 0 Å². The lowest BCUT2D eigenvalue weighted by molar-refractivity contribution is -0.181. The Morgan fingerprint density at radius 1 is 1.21 bits per heavy atom. The van der Waals surface area contributed by atoms with Crippen LogP contribution in [0.4, 0.5) is 5.82 Å². The molecule has 4 rings (SSSR count). The summed E-state index contributed by atoms with van der Waals surface area (Å²) in [7, 11) is 1.73. The van der Waals surface area contributed by atoms with E-state index in [1.165, 1.54) is 4.68 Å². The number of hydrogen-bond acceptors (Lipinski definition) is 9. The van der Waals surface area contributed by atoms with Gasteiger partial charge in [-0.15, -0.1) is 5.10 Å². The van der Waals surface area contributed by atoms with Gasteiger partial charge in [-0.1, -0.05) is 41.6 Å². The molecule has 1 unspecified atom stereocenters. The number of ether oxygens (including phenoxy) is 2. The molecule has 172 valence electrons. The van der Waals surface area contributed by atoms with Gasteiger partial charge in [-0.3, -0.25) is 4.79 Å². The van der Waals surface area contributed by atoms with Crippen molar-refractivity contribution >= 4 is 17.4 Å². The van der Waals surface area contributed by atoms with Gasteiger partial charge in [0, 0.05) is 12.6 Å². The second-order valence-corrected chi connectivity index (χ2v) is 7.64. The highest BCUT2D eigenvalue weighted by Gasteiger charge is 2.41. The molecule has 1 amide bonds. The number of amides is 1. The maximum atomic E-state index is 12.7. The highest BCUT2D eigenvalue weighted by atomic mass is 16.7. The van der Waals surface area contributed by atoms with Crippen molar-refractivity contribution in [2.75, 3.05) is 18.5 Å². The van der Waals surface area contributed by atoms with Gasteiger partial charge < -0.3 is 19.6 Å². The Morgan fingerprint density at radius 3 is 2.67 bits per heavy atom. The minimum atomic E-state index is -0.942. The normalized spacial score (nSPS) is 16.4. The molecule has 1 saturated heterocycles. The summed E-state index contributed by atoms with van der Waals surface area (Å²) in [4.78, 5) is 22.7. The summed E-state index contributed by atoms with van der Waals surface area (Å²) < 4.78 is 12.7. The third-order valence-corrected chi connectivity index (χ3v) is 5.35. The first-order chi connectivity index (χ1) is 16.0. The number of pyridine rings is 1. The largest absolute Gasteiger partial charge is 0.389 e. The maximum Gasteiger partial charge on any atom is 0.233 e. The fraction of sp³-hybridized carbons (Fsp3) is 0.364. The number of hydrogen-bond donors (Lipinski definition) is 1. The Kier molecular flexibility index (Phi) is 6.71. The number of aryl methyl sites for hydroxylation is 1. The van der Waals surface area contributed by atoms with Crippen LogP contribution in [0.5, 0.6) is 0 Å². The number of carbonyl (C=O) groups excluding carboxylic acids is 1. The standard InChI is InChI=1S/C22H25N7O4/c1-15(22(2)31-12-13-32-22)21(30)24-18-11-7-10-17(23-18)14-33-26-19(16-8-5-4-6-9-16)20-25-27-28-29(20)3/h4-11,15H,12-14H2,1-3H3,(H,23,24,30). The third kappa shape index (κ3) is 5.21. The van der Waals surface area contributed by atoms with Gasteiger partial charge in [0.2, 0.25) is 11.7 Å². The molecule has 3 aromatic rings. The lowest BCUT2D eigenvalue weighted by atomic mass is 10.0. The summed E-state index contributed by atoms with van der Waals surface area (Å²) in [5.41, 5.74) is 1.89. The summed E-state index contributed by atoms with van der Waals surface area (Å²) in [6.07, 6.45) is 0. The Labute approximate surface area is 190 Å². The zero-order valence-corrected chi connectivity index (χ0v) is 18.6. The molecule has 1 atom stereocenters. The minimum absolute atomic E-state index is 0.0881. The Balaban J connectivity index is 1.44. The summed E-state index contributed by atoms with van der Waals surface area (Å²) in [5.74, 6) is -0.834. The number of nitrogens with one attached hydrogen (secondary N) is 1. The molecule has 1 aliphatic heterocycles. The molecule has 33 heavy (non-hydrogen) atoms. The molecular weight excluding hydrogens is 426 g/mol. The minimum Gasteiger partial charge on any atom is -0.389 e. The molecule has 0 spiro atoms. The molecule has 0 saturated carbocycles. The number of carbonyl (C=O) groups is 1. The Hall–Kier alpha value is -3.70. The molecule has 11 nitrogen and oxygen atoms in total. The van der Waals surface area contributed by atoms with Crippen LogP contribution in [-0.2, 0) is 32.8 Å². The van der Waals surface area contributed by atoms with Crippen molar-refractivity contribution in [3.63, 3.8) is 0 Å². The zero-order valence-electron chi connectivity index (χ0n) is 18.6. The molecular formula is C22H25N7O4. The van der Waals surface area contributed by atoms with E-state index in [4.69, 9.17) is 14.3 Å². The number of tetrazole rings is 1. The van der Waals surface area contributed by atoms with Gasteiger partial charge in [-0.05, 0) is 36.4 Å². The molecule has 3 heterocycles. The van der Waals surface area contributed by atoms with Crippen LogP contribution in [-0.4, -0.2) is 55.8 Å². The number of nitrogens with zero attached hydrogens (tertiary/aromatic N) is 6. The van der Waals surface area contributed by atoms with Gasteiger partial charge in [-0.25, -0.2) is 9.67 Å². The van der Waals surface area contributed by atoms with Crippen LogP contribution in [0.3, 0.4) is 0 Å². The van der Waals surface area contributed by atoms with E-state index in [1.54, 1.807) is 39.1 Å². The van der Waals surface area contributed by atoms with Gasteiger partial charge in [0.1, 0.15) is 5.82 Å². The number of benzene rings is 1. The maximum absolute atomic E-state index is 12.7. The van der Waals surface area contributed by atoms with E-state index < -0.39 is 11.7 Å². The highest BCUT2D eigenvalue weighted by Crippen LogP contribution is 2.28. The molecule has 1 N–H and O–H groups in total. The van der Waals surface area contributed by atoms with Crippen molar-refractivity contribution in [1.29, 1.82) is 0 Å². The van der Waals surface area contributed by atoms with Crippen LogP contribution in [0.15, 0.2) is 53.7 Å². The number of oxime groups is 1.